The van der Waals surface area contributed by atoms with Gasteiger partial charge in [0.15, 0.2) is 0 Å². The van der Waals surface area contributed by atoms with Crippen molar-refractivity contribution in [1.82, 2.24) is 10.2 Å². The van der Waals surface area contributed by atoms with E-state index in [-0.39, 0.29) is 17.9 Å². The second-order valence-corrected chi connectivity index (χ2v) is 5.65. The molecule has 2 aromatic rings. The number of carbonyl (C=O) groups excluding carboxylic acids is 3. The summed E-state index contributed by atoms with van der Waals surface area (Å²) in [6.45, 7) is 0.0227. The summed E-state index contributed by atoms with van der Waals surface area (Å²) in [6.07, 6.45) is 1.38. The zero-order valence-electron chi connectivity index (χ0n) is 13.9. The monoisotopic (exact) mass is 352 g/mol. The topological polar surface area (TPSA) is 95.9 Å². The fraction of sp³-hybridized carbons (Fsp3) is 0.105. The zero-order valence-corrected chi connectivity index (χ0v) is 13.9. The smallest absolute Gasteiger partial charge is 0.331 e. The van der Waals surface area contributed by atoms with Crippen LogP contribution < -0.4 is 10.1 Å². The van der Waals surface area contributed by atoms with Gasteiger partial charge in [0.2, 0.25) is 0 Å². The molecule has 1 fully saturated rings. The molecule has 3 rings (SSSR count). The molecule has 0 radical (unpaired) electrons. The van der Waals surface area contributed by atoms with Crippen LogP contribution in [0.4, 0.5) is 4.79 Å². The van der Waals surface area contributed by atoms with Crippen LogP contribution in [-0.2, 0) is 16.1 Å². The predicted octanol–water partition coefficient (Wildman–Crippen LogP) is 2.06. The van der Waals surface area contributed by atoms with Crippen LogP contribution in [0.1, 0.15) is 11.1 Å². The van der Waals surface area contributed by atoms with Crippen LogP contribution in [0.15, 0.2) is 54.1 Å². The number of methoxy groups -OCH3 is 1. The van der Waals surface area contributed by atoms with Gasteiger partial charge in [0.1, 0.15) is 17.1 Å². The highest BCUT2D eigenvalue weighted by molar-refractivity contribution is 6.30. The first-order valence-corrected chi connectivity index (χ1v) is 7.79. The lowest BCUT2D eigenvalue weighted by Crippen LogP contribution is -2.53. The molecule has 132 valence electrons. The number of phenolic OH excluding ortho intramolecular Hbond substituents is 1. The normalized spacial score (nSPS) is 16.0. The molecule has 1 aliphatic heterocycles. The van der Waals surface area contributed by atoms with E-state index in [2.05, 4.69) is 5.32 Å². The van der Waals surface area contributed by atoms with Crippen molar-refractivity contribution in [3.05, 3.63) is 65.2 Å². The van der Waals surface area contributed by atoms with Gasteiger partial charge >= 0.3 is 6.03 Å². The number of amides is 4. The number of hydrogen-bond acceptors (Lipinski definition) is 5. The lowest BCUT2D eigenvalue weighted by molar-refractivity contribution is -0.130. The van der Waals surface area contributed by atoms with Crippen molar-refractivity contribution < 1.29 is 24.2 Å². The lowest BCUT2D eigenvalue weighted by atomic mass is 10.1. The maximum absolute atomic E-state index is 12.6. The van der Waals surface area contributed by atoms with Gasteiger partial charge in [0.05, 0.1) is 13.7 Å². The van der Waals surface area contributed by atoms with Crippen LogP contribution in [0.5, 0.6) is 11.5 Å². The van der Waals surface area contributed by atoms with E-state index in [0.29, 0.717) is 16.9 Å². The summed E-state index contributed by atoms with van der Waals surface area (Å²) in [4.78, 5) is 37.7. The Morgan fingerprint density at radius 2 is 1.69 bits per heavy atom. The number of ether oxygens (including phenoxy) is 1. The quantitative estimate of drug-likeness (QED) is 0.649. The third-order valence-electron chi connectivity index (χ3n) is 3.89. The molecule has 0 spiro atoms. The summed E-state index contributed by atoms with van der Waals surface area (Å²) in [5.74, 6) is -0.698. The van der Waals surface area contributed by atoms with E-state index < -0.39 is 17.8 Å². The van der Waals surface area contributed by atoms with Crippen molar-refractivity contribution >= 4 is 23.9 Å². The molecule has 0 aliphatic carbocycles. The van der Waals surface area contributed by atoms with Crippen molar-refractivity contribution in [1.29, 1.82) is 0 Å². The third-order valence-corrected chi connectivity index (χ3v) is 3.89. The molecule has 4 amide bonds. The third kappa shape index (κ3) is 3.56. The first-order chi connectivity index (χ1) is 12.5. The van der Waals surface area contributed by atoms with Gasteiger partial charge in [0, 0.05) is 0 Å². The maximum atomic E-state index is 12.6. The molecular formula is C19H16N2O5. The summed E-state index contributed by atoms with van der Waals surface area (Å²) in [5.41, 5.74) is 1.12. The summed E-state index contributed by atoms with van der Waals surface area (Å²) >= 11 is 0. The number of imide groups is 2. The van der Waals surface area contributed by atoms with Gasteiger partial charge < -0.3 is 9.84 Å². The minimum Gasteiger partial charge on any atom is -0.508 e. The first kappa shape index (κ1) is 17.2. The molecule has 0 bridgehead atoms. The highest BCUT2D eigenvalue weighted by Crippen LogP contribution is 2.19. The van der Waals surface area contributed by atoms with Crippen molar-refractivity contribution in [2.24, 2.45) is 0 Å². The Morgan fingerprint density at radius 3 is 2.31 bits per heavy atom. The lowest BCUT2D eigenvalue weighted by Gasteiger charge is -2.26. The Labute approximate surface area is 149 Å². The molecule has 2 aromatic carbocycles. The number of benzene rings is 2. The molecule has 7 nitrogen and oxygen atoms in total. The van der Waals surface area contributed by atoms with Gasteiger partial charge in [-0.3, -0.25) is 19.8 Å². The second-order valence-electron chi connectivity index (χ2n) is 5.65. The number of urea groups is 1. The van der Waals surface area contributed by atoms with E-state index >= 15 is 0 Å². The van der Waals surface area contributed by atoms with Crippen LogP contribution in [0.25, 0.3) is 6.08 Å². The molecule has 1 saturated heterocycles. The fourth-order valence-corrected chi connectivity index (χ4v) is 2.49. The van der Waals surface area contributed by atoms with E-state index in [4.69, 9.17) is 4.74 Å². The molecule has 0 atom stereocenters. The molecule has 7 heteroatoms. The number of hydrogen-bond donors (Lipinski definition) is 2. The van der Waals surface area contributed by atoms with Crippen LogP contribution in [0, 0.1) is 0 Å². The van der Waals surface area contributed by atoms with Gasteiger partial charge in [-0.15, -0.1) is 0 Å². The molecular weight excluding hydrogens is 336 g/mol. The second kappa shape index (κ2) is 7.10. The van der Waals surface area contributed by atoms with Crippen LogP contribution >= 0.6 is 0 Å². The standard InChI is InChI=1S/C19H16N2O5/c1-26-15-8-4-13(5-9-15)11-21-18(24)16(17(23)20-19(21)25)10-12-2-6-14(22)7-3-12/h2-10,22H,11H2,1H3,(H,20,23,25)/b16-10+. The number of phenols is 1. The minimum absolute atomic E-state index is 0.0227. The molecule has 1 aliphatic rings. The van der Waals surface area contributed by atoms with Gasteiger partial charge in [-0.05, 0) is 41.5 Å². The van der Waals surface area contributed by atoms with Gasteiger partial charge in [-0.2, -0.15) is 0 Å². The van der Waals surface area contributed by atoms with E-state index in [1.807, 2.05) is 0 Å². The molecule has 26 heavy (non-hydrogen) atoms. The van der Waals surface area contributed by atoms with Gasteiger partial charge in [-0.25, -0.2) is 4.79 Å². The minimum atomic E-state index is -0.765. The molecule has 2 N–H and O–H groups in total. The van der Waals surface area contributed by atoms with Crippen molar-refractivity contribution in [3.8, 4) is 11.5 Å². The van der Waals surface area contributed by atoms with Crippen molar-refractivity contribution in [3.63, 3.8) is 0 Å². The highest BCUT2D eigenvalue weighted by Gasteiger charge is 2.35. The van der Waals surface area contributed by atoms with Gasteiger partial charge in [0.25, 0.3) is 11.8 Å². The Balaban J connectivity index is 1.86. The largest absolute Gasteiger partial charge is 0.508 e. The summed E-state index contributed by atoms with van der Waals surface area (Å²) < 4.78 is 5.08. The number of rotatable bonds is 4. The van der Waals surface area contributed by atoms with Crippen LogP contribution in [0.3, 0.4) is 0 Å². The van der Waals surface area contributed by atoms with Crippen LogP contribution in [-0.4, -0.2) is 35.0 Å². The number of carbonyl (C=O) groups is 3. The van der Waals surface area contributed by atoms with E-state index in [0.717, 1.165) is 4.90 Å². The summed E-state index contributed by atoms with van der Waals surface area (Å²) in [7, 11) is 1.54. The number of nitrogens with zero attached hydrogens (tertiary/aromatic N) is 1. The van der Waals surface area contributed by atoms with Crippen molar-refractivity contribution in [2.75, 3.05) is 7.11 Å². The number of barbiturate groups is 1. The zero-order chi connectivity index (χ0) is 18.7. The SMILES string of the molecule is COc1ccc(CN2C(=O)NC(=O)/C(=C\c3ccc(O)cc3)C2=O)cc1. The van der Waals surface area contributed by atoms with E-state index in [1.165, 1.54) is 18.2 Å². The first-order valence-electron chi connectivity index (χ1n) is 7.79. The molecule has 1 heterocycles. The summed E-state index contributed by atoms with van der Waals surface area (Å²) in [5, 5.41) is 11.5. The predicted molar refractivity (Wildman–Crippen MR) is 93.2 cm³/mol. The molecule has 0 unspecified atom stereocenters. The maximum Gasteiger partial charge on any atom is 0.331 e. The Bertz CT molecular complexity index is 885. The van der Waals surface area contributed by atoms with E-state index in [9.17, 15) is 19.5 Å². The number of nitrogens with one attached hydrogen (secondary N) is 1. The number of aromatic hydroxyl groups is 1. The molecule has 0 aromatic heterocycles. The average Bonchev–Trinajstić information content (AvgIpc) is 2.64. The van der Waals surface area contributed by atoms with Crippen molar-refractivity contribution in [2.45, 2.75) is 6.54 Å². The Kier molecular flexibility index (Phi) is 4.70. The Hall–Kier alpha value is -3.61. The van der Waals surface area contributed by atoms with Gasteiger partial charge in [-0.1, -0.05) is 24.3 Å². The van der Waals surface area contributed by atoms with Crippen LogP contribution in [0.2, 0.25) is 0 Å². The Morgan fingerprint density at radius 1 is 1.04 bits per heavy atom. The summed E-state index contributed by atoms with van der Waals surface area (Å²) in [6, 6.07) is 12.2. The highest BCUT2D eigenvalue weighted by atomic mass is 16.5. The average molecular weight is 352 g/mol. The fourth-order valence-electron chi connectivity index (χ4n) is 2.49. The van der Waals surface area contributed by atoms with E-state index in [1.54, 1.807) is 43.5 Å². The molecule has 0 saturated carbocycles.